The van der Waals surface area contributed by atoms with Crippen LogP contribution in [0.4, 0.5) is 19.0 Å². The first-order chi connectivity index (χ1) is 13.7. The first-order valence-corrected chi connectivity index (χ1v) is 9.62. The number of nitrogens with zero attached hydrogens (tertiary/aromatic N) is 3. The fourth-order valence-corrected chi connectivity index (χ4v) is 3.50. The Morgan fingerprint density at radius 2 is 1.93 bits per heavy atom. The van der Waals surface area contributed by atoms with Crippen molar-refractivity contribution in [2.75, 3.05) is 18.9 Å². The molecule has 2 heterocycles. The maximum atomic E-state index is 12.7. The van der Waals surface area contributed by atoms with Gasteiger partial charge in [0, 0.05) is 23.7 Å². The first-order valence-electron chi connectivity index (χ1n) is 8.74. The molecule has 2 aromatic heterocycles. The average Bonchev–Trinajstić information content (AvgIpc) is 3.09. The van der Waals surface area contributed by atoms with E-state index >= 15 is 0 Å². The van der Waals surface area contributed by atoms with Crippen LogP contribution in [-0.4, -0.2) is 34.4 Å². The van der Waals surface area contributed by atoms with Crippen molar-refractivity contribution < 1.29 is 18.0 Å². The monoisotopic (exact) mass is 420 g/mol. The SMILES string of the molecule is Cc1ccnc(NC(=O)CN(C)Cc2csc(-c3ccc(C(F)(F)F)cc3)n2)c1. The topological polar surface area (TPSA) is 58.1 Å². The Bertz CT molecular complexity index is 986. The minimum Gasteiger partial charge on any atom is -0.310 e. The number of amides is 1. The first kappa shape index (κ1) is 20.9. The molecule has 0 bridgehead atoms. The zero-order valence-electron chi connectivity index (χ0n) is 15.8. The van der Waals surface area contributed by atoms with Crippen LogP contribution >= 0.6 is 11.3 Å². The Morgan fingerprint density at radius 3 is 2.59 bits per heavy atom. The molecular weight excluding hydrogens is 401 g/mol. The second-order valence-electron chi connectivity index (χ2n) is 6.66. The molecule has 0 aliphatic carbocycles. The number of halogens is 3. The number of thiazole rings is 1. The maximum absolute atomic E-state index is 12.7. The molecule has 5 nitrogen and oxygen atoms in total. The molecular formula is C20H19F3N4OS. The summed E-state index contributed by atoms with van der Waals surface area (Å²) < 4.78 is 38.0. The predicted octanol–water partition coefficient (Wildman–Crippen LogP) is 4.60. The molecule has 0 fully saturated rings. The average molecular weight is 420 g/mol. The van der Waals surface area contributed by atoms with Gasteiger partial charge in [0.1, 0.15) is 10.8 Å². The van der Waals surface area contributed by atoms with Crippen molar-refractivity contribution in [1.82, 2.24) is 14.9 Å². The summed E-state index contributed by atoms with van der Waals surface area (Å²) in [7, 11) is 1.79. The summed E-state index contributed by atoms with van der Waals surface area (Å²) in [6.45, 7) is 2.51. The molecule has 0 aliphatic rings. The van der Waals surface area contributed by atoms with Crippen molar-refractivity contribution in [1.29, 1.82) is 0 Å². The summed E-state index contributed by atoms with van der Waals surface area (Å²) >= 11 is 1.35. The summed E-state index contributed by atoms with van der Waals surface area (Å²) in [5.74, 6) is 0.311. The van der Waals surface area contributed by atoms with E-state index in [0.29, 0.717) is 22.9 Å². The zero-order chi connectivity index (χ0) is 21.0. The number of benzene rings is 1. The van der Waals surface area contributed by atoms with Crippen molar-refractivity contribution in [2.45, 2.75) is 19.6 Å². The lowest BCUT2D eigenvalue weighted by molar-refractivity contribution is -0.137. The summed E-state index contributed by atoms with van der Waals surface area (Å²) in [6.07, 6.45) is -2.73. The zero-order valence-corrected chi connectivity index (χ0v) is 16.6. The van der Waals surface area contributed by atoms with Crippen molar-refractivity contribution in [3.8, 4) is 10.6 Å². The fraction of sp³-hybridized carbons (Fsp3) is 0.250. The molecule has 0 unspecified atom stereocenters. The van der Waals surface area contributed by atoms with Crippen LogP contribution in [0.2, 0.25) is 0 Å². The second kappa shape index (κ2) is 8.71. The Balaban J connectivity index is 1.57. The Hall–Kier alpha value is -2.78. The lowest BCUT2D eigenvalue weighted by Crippen LogP contribution is -2.30. The van der Waals surface area contributed by atoms with Gasteiger partial charge < -0.3 is 5.32 Å². The van der Waals surface area contributed by atoms with Gasteiger partial charge in [0.15, 0.2) is 0 Å². The number of rotatable bonds is 6. The summed E-state index contributed by atoms with van der Waals surface area (Å²) in [6, 6.07) is 8.56. The van der Waals surface area contributed by atoms with Crippen LogP contribution in [0.3, 0.4) is 0 Å². The minimum absolute atomic E-state index is 0.156. The van der Waals surface area contributed by atoms with Gasteiger partial charge in [0.2, 0.25) is 5.91 Å². The van der Waals surface area contributed by atoms with Gasteiger partial charge in [0.05, 0.1) is 17.8 Å². The quantitative estimate of drug-likeness (QED) is 0.633. The van der Waals surface area contributed by atoms with Gasteiger partial charge in [-0.05, 0) is 43.8 Å². The number of likely N-dealkylation sites (N-methyl/N-ethyl adjacent to an activating group) is 1. The third-order valence-electron chi connectivity index (χ3n) is 4.04. The van der Waals surface area contributed by atoms with Gasteiger partial charge in [-0.1, -0.05) is 12.1 Å². The summed E-state index contributed by atoms with van der Waals surface area (Å²) in [4.78, 5) is 22.5. The molecule has 29 heavy (non-hydrogen) atoms. The van der Waals surface area contributed by atoms with E-state index in [-0.39, 0.29) is 12.5 Å². The van der Waals surface area contributed by atoms with Crippen LogP contribution in [0.5, 0.6) is 0 Å². The van der Waals surface area contributed by atoms with E-state index in [1.54, 1.807) is 24.2 Å². The smallest absolute Gasteiger partial charge is 0.310 e. The molecule has 9 heteroatoms. The van der Waals surface area contributed by atoms with Gasteiger partial charge in [-0.2, -0.15) is 13.2 Å². The molecule has 0 saturated carbocycles. The Labute approximate surface area is 170 Å². The number of hydrogen-bond acceptors (Lipinski definition) is 5. The minimum atomic E-state index is -4.36. The fourth-order valence-electron chi connectivity index (χ4n) is 2.68. The number of hydrogen-bond donors (Lipinski definition) is 1. The van der Waals surface area contributed by atoms with Gasteiger partial charge >= 0.3 is 6.18 Å². The highest BCUT2D eigenvalue weighted by Gasteiger charge is 2.30. The number of aryl methyl sites for hydroxylation is 1. The van der Waals surface area contributed by atoms with Crippen LogP contribution in [0.1, 0.15) is 16.8 Å². The largest absolute Gasteiger partial charge is 0.416 e. The molecule has 1 amide bonds. The number of alkyl halides is 3. The molecule has 1 aromatic carbocycles. The molecule has 3 aromatic rings. The van der Waals surface area contributed by atoms with Crippen molar-refractivity contribution in [2.24, 2.45) is 0 Å². The van der Waals surface area contributed by atoms with Crippen molar-refractivity contribution >= 4 is 23.1 Å². The van der Waals surface area contributed by atoms with E-state index in [4.69, 9.17) is 0 Å². The molecule has 0 atom stereocenters. The maximum Gasteiger partial charge on any atom is 0.416 e. The molecule has 152 valence electrons. The predicted molar refractivity (Wildman–Crippen MR) is 106 cm³/mol. The standard InChI is InChI=1S/C20H19F3N4OS/c1-13-7-8-24-17(9-13)26-18(28)11-27(2)10-16-12-29-19(25-16)14-3-5-15(6-4-14)20(21,22)23/h3-9,12H,10-11H2,1-2H3,(H,24,26,28). The van der Waals surface area contributed by atoms with Gasteiger partial charge in [-0.3, -0.25) is 9.69 Å². The van der Waals surface area contributed by atoms with Crippen LogP contribution < -0.4 is 5.32 Å². The third kappa shape index (κ3) is 5.85. The van der Waals surface area contributed by atoms with Crippen LogP contribution in [0.15, 0.2) is 48.0 Å². The number of pyridine rings is 1. The number of carbonyl (C=O) groups is 1. The Morgan fingerprint density at radius 1 is 1.21 bits per heavy atom. The van der Waals surface area contributed by atoms with Gasteiger partial charge in [-0.15, -0.1) is 11.3 Å². The second-order valence-corrected chi connectivity index (χ2v) is 7.52. The number of carbonyl (C=O) groups excluding carboxylic acids is 1. The van der Waals surface area contributed by atoms with E-state index in [1.165, 1.54) is 23.5 Å². The third-order valence-corrected chi connectivity index (χ3v) is 4.98. The highest BCUT2D eigenvalue weighted by Crippen LogP contribution is 2.31. The van der Waals surface area contributed by atoms with Crippen molar-refractivity contribution in [3.63, 3.8) is 0 Å². The lowest BCUT2D eigenvalue weighted by Gasteiger charge is -2.14. The van der Waals surface area contributed by atoms with Crippen LogP contribution in [0, 0.1) is 6.92 Å². The van der Waals surface area contributed by atoms with Gasteiger partial charge in [-0.25, -0.2) is 9.97 Å². The number of aromatic nitrogens is 2. The van der Waals surface area contributed by atoms with Crippen LogP contribution in [-0.2, 0) is 17.5 Å². The van der Waals surface area contributed by atoms with E-state index in [1.807, 2.05) is 18.4 Å². The molecule has 3 rings (SSSR count). The molecule has 0 radical (unpaired) electrons. The Kier molecular flexibility index (Phi) is 6.29. The van der Waals surface area contributed by atoms with E-state index in [0.717, 1.165) is 23.4 Å². The van der Waals surface area contributed by atoms with Crippen LogP contribution in [0.25, 0.3) is 10.6 Å². The lowest BCUT2D eigenvalue weighted by atomic mass is 10.1. The number of nitrogens with one attached hydrogen (secondary N) is 1. The molecule has 0 spiro atoms. The number of anilines is 1. The van der Waals surface area contributed by atoms with E-state index in [2.05, 4.69) is 15.3 Å². The van der Waals surface area contributed by atoms with E-state index < -0.39 is 11.7 Å². The molecule has 0 aliphatic heterocycles. The highest BCUT2D eigenvalue weighted by molar-refractivity contribution is 7.13. The molecule has 0 saturated heterocycles. The van der Waals surface area contributed by atoms with Crippen molar-refractivity contribution in [3.05, 3.63) is 64.8 Å². The molecule has 1 N–H and O–H groups in total. The van der Waals surface area contributed by atoms with E-state index in [9.17, 15) is 18.0 Å². The summed E-state index contributed by atoms with van der Waals surface area (Å²) in [5, 5.41) is 5.22. The van der Waals surface area contributed by atoms with Gasteiger partial charge in [0.25, 0.3) is 0 Å². The normalized spacial score (nSPS) is 11.7. The highest BCUT2D eigenvalue weighted by atomic mass is 32.1. The summed E-state index contributed by atoms with van der Waals surface area (Å²) in [5.41, 5.74) is 1.68.